The fourth-order valence-electron chi connectivity index (χ4n) is 4.08. The van der Waals surface area contributed by atoms with Gasteiger partial charge in [0.2, 0.25) is 5.91 Å². The molecule has 0 bridgehead atoms. The SMILES string of the molecule is O=C(CN1C(=O)S/C(=C/c2ccc(-c3cc([N+](=O)[O-])ccc3Cl)o2)C1=O)Nc1ccc(N2CCOCC2)cc1. The van der Waals surface area contributed by atoms with E-state index in [0.29, 0.717) is 36.2 Å². The third-order valence-corrected chi connectivity index (χ3v) is 7.27. The van der Waals surface area contributed by atoms with Crippen molar-refractivity contribution in [2.75, 3.05) is 43.1 Å². The number of rotatable bonds is 7. The fraction of sp³-hybridized carbons (Fsp3) is 0.192. The average molecular weight is 569 g/mol. The molecule has 39 heavy (non-hydrogen) atoms. The monoisotopic (exact) mass is 568 g/mol. The molecule has 3 heterocycles. The molecule has 11 nitrogen and oxygen atoms in total. The van der Waals surface area contributed by atoms with E-state index in [2.05, 4.69) is 10.2 Å². The zero-order valence-corrected chi connectivity index (χ0v) is 21.9. The Kier molecular flexibility index (Phi) is 7.68. The second-order valence-corrected chi connectivity index (χ2v) is 9.99. The number of furan rings is 1. The zero-order valence-electron chi connectivity index (χ0n) is 20.3. The molecule has 200 valence electrons. The van der Waals surface area contributed by atoms with Gasteiger partial charge in [0.15, 0.2) is 0 Å². The van der Waals surface area contributed by atoms with Crippen LogP contribution in [0, 0.1) is 10.1 Å². The van der Waals surface area contributed by atoms with Gasteiger partial charge in [0.05, 0.1) is 28.1 Å². The molecular weight excluding hydrogens is 548 g/mol. The summed E-state index contributed by atoms with van der Waals surface area (Å²) in [5, 5.41) is 13.5. The molecule has 0 unspecified atom stereocenters. The van der Waals surface area contributed by atoms with E-state index in [-0.39, 0.29) is 27.1 Å². The number of thioether (sulfide) groups is 1. The van der Waals surface area contributed by atoms with E-state index >= 15 is 0 Å². The molecule has 0 aliphatic carbocycles. The van der Waals surface area contributed by atoms with Crippen LogP contribution < -0.4 is 10.2 Å². The normalized spacial score (nSPS) is 16.7. The molecule has 1 aromatic heterocycles. The smallest absolute Gasteiger partial charge is 0.294 e. The number of nitrogens with zero attached hydrogens (tertiary/aromatic N) is 3. The Hall–Kier alpha value is -4.13. The highest BCUT2D eigenvalue weighted by atomic mass is 35.5. The van der Waals surface area contributed by atoms with Crippen molar-refractivity contribution in [3.05, 3.63) is 80.4 Å². The Bertz CT molecular complexity index is 1480. The molecule has 0 atom stereocenters. The third-order valence-electron chi connectivity index (χ3n) is 6.03. The first-order chi connectivity index (χ1) is 18.8. The number of amides is 3. The van der Waals surface area contributed by atoms with E-state index in [9.17, 15) is 24.5 Å². The lowest BCUT2D eigenvalue weighted by Crippen LogP contribution is -2.36. The molecule has 2 aromatic carbocycles. The maximum Gasteiger partial charge on any atom is 0.294 e. The van der Waals surface area contributed by atoms with Crippen molar-refractivity contribution in [2.45, 2.75) is 0 Å². The van der Waals surface area contributed by atoms with Crippen LogP contribution >= 0.6 is 23.4 Å². The number of imide groups is 1. The Labute approximate surface area is 231 Å². The molecule has 2 fully saturated rings. The van der Waals surface area contributed by atoms with Gasteiger partial charge in [0.25, 0.3) is 16.8 Å². The van der Waals surface area contributed by atoms with Gasteiger partial charge in [-0.1, -0.05) is 11.6 Å². The number of hydrogen-bond acceptors (Lipinski definition) is 9. The lowest BCUT2D eigenvalue weighted by atomic mass is 10.1. The first kappa shape index (κ1) is 26.5. The summed E-state index contributed by atoms with van der Waals surface area (Å²) >= 11 is 6.86. The number of carbonyl (C=O) groups is 3. The van der Waals surface area contributed by atoms with Crippen LogP contribution in [0.15, 0.2) is 63.9 Å². The van der Waals surface area contributed by atoms with Crippen molar-refractivity contribution in [3.8, 4) is 11.3 Å². The van der Waals surface area contributed by atoms with Gasteiger partial charge in [-0.3, -0.25) is 29.4 Å². The van der Waals surface area contributed by atoms with Crippen LogP contribution in [0.4, 0.5) is 21.9 Å². The molecule has 2 aliphatic heterocycles. The number of nitro groups is 1. The van der Waals surface area contributed by atoms with Crippen molar-refractivity contribution in [1.82, 2.24) is 4.90 Å². The number of ether oxygens (including phenoxy) is 1. The quantitative estimate of drug-likeness (QED) is 0.237. The fourth-order valence-corrected chi connectivity index (χ4v) is 5.11. The van der Waals surface area contributed by atoms with Crippen LogP contribution in [0.1, 0.15) is 5.76 Å². The molecule has 2 aliphatic rings. The molecular formula is C26H21ClN4O7S. The molecule has 2 saturated heterocycles. The second kappa shape index (κ2) is 11.3. The largest absolute Gasteiger partial charge is 0.457 e. The van der Waals surface area contributed by atoms with E-state index < -0.39 is 28.5 Å². The third kappa shape index (κ3) is 5.98. The van der Waals surface area contributed by atoms with Gasteiger partial charge in [-0.05, 0) is 54.2 Å². The highest BCUT2D eigenvalue weighted by Crippen LogP contribution is 2.35. The number of nitro benzene ring substituents is 1. The first-order valence-electron chi connectivity index (χ1n) is 11.8. The van der Waals surface area contributed by atoms with Crippen LogP contribution in [0.2, 0.25) is 5.02 Å². The minimum Gasteiger partial charge on any atom is -0.457 e. The minimum atomic E-state index is -0.630. The Morgan fingerprint density at radius 1 is 1.10 bits per heavy atom. The molecule has 0 spiro atoms. The first-order valence-corrected chi connectivity index (χ1v) is 13.0. The van der Waals surface area contributed by atoms with Crippen LogP contribution in [0.3, 0.4) is 0 Å². The van der Waals surface area contributed by atoms with Crippen LogP contribution in [0.5, 0.6) is 0 Å². The summed E-state index contributed by atoms with van der Waals surface area (Å²) in [6.07, 6.45) is 1.38. The lowest BCUT2D eigenvalue weighted by Gasteiger charge is -2.28. The summed E-state index contributed by atoms with van der Waals surface area (Å²) in [7, 11) is 0. The van der Waals surface area contributed by atoms with E-state index in [4.69, 9.17) is 20.8 Å². The van der Waals surface area contributed by atoms with Gasteiger partial charge in [0.1, 0.15) is 18.1 Å². The highest BCUT2D eigenvalue weighted by Gasteiger charge is 2.36. The van der Waals surface area contributed by atoms with Gasteiger partial charge in [0, 0.05) is 48.2 Å². The second-order valence-electron chi connectivity index (χ2n) is 8.59. The minimum absolute atomic E-state index is 0.0775. The molecule has 3 aromatic rings. The van der Waals surface area contributed by atoms with Gasteiger partial charge in [-0.25, -0.2) is 0 Å². The molecule has 1 N–H and O–H groups in total. The maximum absolute atomic E-state index is 12.9. The number of non-ortho nitro benzene ring substituents is 1. The Morgan fingerprint density at radius 2 is 1.85 bits per heavy atom. The zero-order chi connectivity index (χ0) is 27.5. The number of carbonyl (C=O) groups excluding carboxylic acids is 3. The summed E-state index contributed by atoms with van der Waals surface area (Å²) in [6, 6.07) is 14.4. The van der Waals surface area contributed by atoms with Crippen molar-refractivity contribution in [1.29, 1.82) is 0 Å². The van der Waals surface area contributed by atoms with Crippen LogP contribution in [-0.4, -0.2) is 59.7 Å². The van der Waals surface area contributed by atoms with Crippen molar-refractivity contribution < 1.29 is 28.5 Å². The maximum atomic E-state index is 12.9. The standard InChI is InChI=1S/C26H21ClN4O7S/c27-21-7-5-18(31(35)36)13-20(21)22-8-6-19(38-22)14-23-25(33)30(26(34)39-23)15-24(32)28-16-1-3-17(4-2-16)29-9-11-37-12-10-29/h1-8,13-14H,9-12,15H2,(H,28,32)/b23-14+. The number of benzene rings is 2. The predicted molar refractivity (Wildman–Crippen MR) is 147 cm³/mol. The number of hydrogen-bond donors (Lipinski definition) is 1. The van der Waals surface area contributed by atoms with Crippen LogP contribution in [0.25, 0.3) is 17.4 Å². The summed E-state index contributed by atoms with van der Waals surface area (Å²) in [4.78, 5) is 51.6. The summed E-state index contributed by atoms with van der Waals surface area (Å²) in [5.74, 6) is -0.650. The van der Waals surface area contributed by atoms with Gasteiger partial charge < -0.3 is 19.4 Å². The molecule has 3 amide bonds. The van der Waals surface area contributed by atoms with E-state index in [1.807, 2.05) is 12.1 Å². The molecule has 0 saturated carbocycles. The lowest BCUT2D eigenvalue weighted by molar-refractivity contribution is -0.384. The highest BCUT2D eigenvalue weighted by molar-refractivity contribution is 8.18. The van der Waals surface area contributed by atoms with Gasteiger partial charge >= 0.3 is 0 Å². The number of morpholine rings is 1. The summed E-state index contributed by atoms with van der Waals surface area (Å²) in [5.41, 5.74) is 1.72. The number of anilines is 2. The molecule has 0 radical (unpaired) electrons. The van der Waals surface area contributed by atoms with Crippen molar-refractivity contribution in [2.24, 2.45) is 0 Å². The summed E-state index contributed by atoms with van der Waals surface area (Å²) < 4.78 is 11.1. The van der Waals surface area contributed by atoms with Gasteiger partial charge in [-0.15, -0.1) is 0 Å². The average Bonchev–Trinajstić information content (AvgIpc) is 3.49. The van der Waals surface area contributed by atoms with E-state index in [1.165, 1.54) is 24.3 Å². The number of nitrogens with one attached hydrogen (secondary N) is 1. The van der Waals surface area contributed by atoms with Gasteiger partial charge in [-0.2, -0.15) is 0 Å². The van der Waals surface area contributed by atoms with Crippen molar-refractivity contribution in [3.63, 3.8) is 0 Å². The Morgan fingerprint density at radius 3 is 2.56 bits per heavy atom. The Balaban J connectivity index is 1.23. The molecule has 5 rings (SSSR count). The van der Waals surface area contributed by atoms with Crippen LogP contribution in [-0.2, 0) is 14.3 Å². The predicted octanol–water partition coefficient (Wildman–Crippen LogP) is 5.02. The van der Waals surface area contributed by atoms with E-state index in [1.54, 1.807) is 24.3 Å². The number of halogens is 1. The molecule has 13 heteroatoms. The summed E-state index contributed by atoms with van der Waals surface area (Å²) in [6.45, 7) is 2.47. The topological polar surface area (TPSA) is 135 Å². The van der Waals surface area contributed by atoms with E-state index in [0.717, 1.165) is 23.7 Å². The van der Waals surface area contributed by atoms with Crippen molar-refractivity contribution >= 4 is 63.6 Å².